The van der Waals surface area contributed by atoms with Crippen molar-refractivity contribution in [3.63, 3.8) is 0 Å². The average molecular weight is 295 g/mol. The first-order valence-corrected chi connectivity index (χ1v) is 7.79. The van der Waals surface area contributed by atoms with Gasteiger partial charge in [-0.1, -0.05) is 27.2 Å². The van der Waals surface area contributed by atoms with Crippen LogP contribution in [-0.2, 0) is 6.54 Å². The zero-order valence-corrected chi connectivity index (χ0v) is 14.2. The van der Waals surface area contributed by atoms with Crippen LogP contribution in [-0.4, -0.2) is 32.9 Å². The summed E-state index contributed by atoms with van der Waals surface area (Å²) in [6.07, 6.45) is 1.85. The molecule has 0 spiro atoms. The summed E-state index contributed by atoms with van der Waals surface area (Å²) in [7, 11) is 0. The lowest BCUT2D eigenvalue weighted by Gasteiger charge is -2.29. The highest BCUT2D eigenvalue weighted by Gasteiger charge is 2.28. The molecule has 2 N–H and O–H groups in total. The molecule has 1 rings (SSSR count). The number of carbonyl (C=O) groups is 1. The van der Waals surface area contributed by atoms with Gasteiger partial charge in [-0.05, 0) is 33.1 Å². The third-order valence-electron chi connectivity index (χ3n) is 4.32. The van der Waals surface area contributed by atoms with Crippen molar-refractivity contribution >= 4 is 5.91 Å². The first-order chi connectivity index (χ1) is 9.74. The third kappa shape index (κ3) is 4.06. The summed E-state index contributed by atoms with van der Waals surface area (Å²) in [6.45, 7) is 12.7. The van der Waals surface area contributed by atoms with Gasteiger partial charge in [0.15, 0.2) is 0 Å². The maximum atomic E-state index is 12.4. The largest absolute Gasteiger partial charge is 0.388 e. The van der Waals surface area contributed by atoms with Crippen molar-refractivity contribution in [3.05, 3.63) is 17.0 Å². The van der Waals surface area contributed by atoms with Crippen LogP contribution >= 0.6 is 0 Å². The minimum absolute atomic E-state index is 0.128. The van der Waals surface area contributed by atoms with Crippen molar-refractivity contribution in [2.24, 2.45) is 5.92 Å². The van der Waals surface area contributed by atoms with Crippen LogP contribution in [0.3, 0.4) is 0 Å². The molecule has 21 heavy (non-hydrogen) atoms. The Morgan fingerprint density at radius 1 is 1.43 bits per heavy atom. The van der Waals surface area contributed by atoms with Crippen molar-refractivity contribution in [2.45, 2.75) is 66.5 Å². The molecule has 0 aliphatic rings. The van der Waals surface area contributed by atoms with Crippen LogP contribution in [0.4, 0.5) is 0 Å². The molecule has 0 aromatic carbocycles. The molecule has 0 aliphatic heterocycles. The number of aromatic nitrogens is 2. The summed E-state index contributed by atoms with van der Waals surface area (Å²) in [4.78, 5) is 12.4. The van der Waals surface area contributed by atoms with Gasteiger partial charge in [0, 0.05) is 18.8 Å². The highest BCUT2D eigenvalue weighted by atomic mass is 16.3. The lowest BCUT2D eigenvalue weighted by molar-refractivity contribution is 0.00591. The number of carbonyl (C=O) groups excluding carboxylic acids is 1. The van der Waals surface area contributed by atoms with E-state index in [1.165, 1.54) is 0 Å². The van der Waals surface area contributed by atoms with E-state index in [0.717, 1.165) is 30.8 Å². The van der Waals surface area contributed by atoms with Crippen molar-refractivity contribution < 1.29 is 9.90 Å². The van der Waals surface area contributed by atoms with Gasteiger partial charge < -0.3 is 10.4 Å². The van der Waals surface area contributed by atoms with E-state index < -0.39 is 5.60 Å². The van der Waals surface area contributed by atoms with Crippen molar-refractivity contribution in [3.8, 4) is 0 Å². The maximum Gasteiger partial charge on any atom is 0.255 e. The fourth-order valence-corrected chi connectivity index (χ4v) is 2.42. The maximum absolute atomic E-state index is 12.4. The second kappa shape index (κ2) is 7.07. The van der Waals surface area contributed by atoms with Crippen LogP contribution in [0.1, 0.15) is 62.3 Å². The lowest BCUT2D eigenvalue weighted by atomic mass is 9.88. The fourth-order valence-electron chi connectivity index (χ4n) is 2.42. The summed E-state index contributed by atoms with van der Waals surface area (Å²) >= 11 is 0. The van der Waals surface area contributed by atoms with Gasteiger partial charge in [-0.15, -0.1) is 0 Å². The molecule has 0 aliphatic carbocycles. The molecule has 0 saturated carbocycles. The number of aryl methyl sites for hydroxylation is 2. The van der Waals surface area contributed by atoms with Crippen molar-refractivity contribution in [1.29, 1.82) is 0 Å². The molecule has 120 valence electrons. The highest BCUT2D eigenvalue weighted by Crippen LogP contribution is 2.19. The molecule has 2 unspecified atom stereocenters. The van der Waals surface area contributed by atoms with E-state index in [1.807, 2.05) is 32.4 Å². The Hall–Kier alpha value is -1.36. The fraction of sp³-hybridized carbons (Fsp3) is 0.750. The van der Waals surface area contributed by atoms with Crippen molar-refractivity contribution in [2.75, 3.05) is 6.54 Å². The number of hydrogen-bond donors (Lipinski definition) is 2. The van der Waals surface area contributed by atoms with Gasteiger partial charge in [0.2, 0.25) is 0 Å². The summed E-state index contributed by atoms with van der Waals surface area (Å²) in [5, 5.41) is 17.6. The van der Waals surface area contributed by atoms with Gasteiger partial charge in [0.25, 0.3) is 5.91 Å². The zero-order chi connectivity index (χ0) is 16.2. The number of hydrogen-bond acceptors (Lipinski definition) is 3. The number of rotatable bonds is 7. The van der Waals surface area contributed by atoms with E-state index in [9.17, 15) is 9.90 Å². The Labute approximate surface area is 127 Å². The average Bonchev–Trinajstić information content (AvgIpc) is 2.70. The number of aliphatic hydroxyl groups is 1. The Morgan fingerprint density at radius 2 is 2.05 bits per heavy atom. The SMILES string of the molecule is CCCn1nc(C)c(C(=O)NCC(C)(O)C(C)CC)c1C. The number of nitrogens with zero attached hydrogens (tertiary/aromatic N) is 2. The molecule has 0 fully saturated rings. The van der Waals surface area contributed by atoms with E-state index >= 15 is 0 Å². The van der Waals surface area contributed by atoms with Crippen molar-refractivity contribution in [1.82, 2.24) is 15.1 Å². The second-order valence-corrected chi connectivity index (χ2v) is 6.12. The predicted octanol–water partition coefficient (Wildman–Crippen LogP) is 2.44. The minimum atomic E-state index is -0.897. The predicted molar refractivity (Wildman–Crippen MR) is 84.4 cm³/mol. The zero-order valence-electron chi connectivity index (χ0n) is 14.2. The van der Waals surface area contributed by atoms with E-state index in [2.05, 4.69) is 17.3 Å². The van der Waals surface area contributed by atoms with E-state index in [1.54, 1.807) is 6.92 Å². The minimum Gasteiger partial charge on any atom is -0.388 e. The van der Waals surface area contributed by atoms with E-state index in [-0.39, 0.29) is 18.4 Å². The Morgan fingerprint density at radius 3 is 2.57 bits per heavy atom. The molecule has 5 nitrogen and oxygen atoms in total. The molecule has 1 amide bonds. The Balaban J connectivity index is 2.81. The smallest absolute Gasteiger partial charge is 0.255 e. The van der Waals surface area contributed by atoms with Crippen LogP contribution in [0.15, 0.2) is 0 Å². The first kappa shape index (κ1) is 17.7. The molecule has 5 heteroatoms. The van der Waals surface area contributed by atoms with Gasteiger partial charge in [-0.2, -0.15) is 5.10 Å². The van der Waals surface area contributed by atoms with Crippen LogP contribution < -0.4 is 5.32 Å². The van der Waals surface area contributed by atoms with Gasteiger partial charge in [-0.25, -0.2) is 0 Å². The van der Waals surface area contributed by atoms with Crippen LogP contribution in [0.5, 0.6) is 0 Å². The monoisotopic (exact) mass is 295 g/mol. The molecule has 2 atom stereocenters. The molecule has 1 aromatic heterocycles. The second-order valence-electron chi connectivity index (χ2n) is 6.12. The summed E-state index contributed by atoms with van der Waals surface area (Å²) < 4.78 is 1.87. The quantitative estimate of drug-likeness (QED) is 0.812. The van der Waals surface area contributed by atoms with Crippen LogP contribution in [0, 0.1) is 19.8 Å². The van der Waals surface area contributed by atoms with Crippen LogP contribution in [0.2, 0.25) is 0 Å². The van der Waals surface area contributed by atoms with Gasteiger partial charge in [0.05, 0.1) is 16.9 Å². The highest BCUT2D eigenvalue weighted by molar-refractivity contribution is 5.96. The normalized spacial score (nSPS) is 15.6. The molecule has 0 bridgehead atoms. The molecular weight excluding hydrogens is 266 g/mol. The summed E-state index contributed by atoms with van der Waals surface area (Å²) in [6, 6.07) is 0. The molecule has 0 saturated heterocycles. The topological polar surface area (TPSA) is 67.2 Å². The molecular formula is C16H29N3O2. The van der Waals surface area contributed by atoms with Gasteiger partial charge >= 0.3 is 0 Å². The standard InChI is InChI=1S/C16H29N3O2/c1-7-9-19-13(5)14(12(4)18-19)15(20)17-10-16(6,21)11(3)8-2/h11,21H,7-10H2,1-6H3,(H,17,20). The number of nitrogens with one attached hydrogen (secondary N) is 1. The summed E-state index contributed by atoms with van der Waals surface area (Å²) in [5.41, 5.74) is 1.35. The Bertz CT molecular complexity index is 492. The Kier molecular flexibility index (Phi) is 5.96. The first-order valence-electron chi connectivity index (χ1n) is 7.79. The molecule has 1 heterocycles. The molecule has 1 aromatic rings. The van der Waals surface area contributed by atoms with E-state index in [4.69, 9.17) is 0 Å². The lowest BCUT2D eigenvalue weighted by Crippen LogP contribution is -2.45. The summed E-state index contributed by atoms with van der Waals surface area (Å²) in [5.74, 6) is -0.0289. The van der Waals surface area contributed by atoms with Crippen LogP contribution in [0.25, 0.3) is 0 Å². The van der Waals surface area contributed by atoms with Gasteiger partial charge in [0.1, 0.15) is 0 Å². The van der Waals surface area contributed by atoms with E-state index in [0.29, 0.717) is 5.56 Å². The number of amides is 1. The third-order valence-corrected chi connectivity index (χ3v) is 4.32. The molecule has 0 radical (unpaired) electrons. The van der Waals surface area contributed by atoms with Gasteiger partial charge in [-0.3, -0.25) is 9.48 Å².